The second-order valence-electron chi connectivity index (χ2n) is 5.76. The van der Waals surface area contributed by atoms with Crippen molar-refractivity contribution in [1.82, 2.24) is 0 Å². The lowest BCUT2D eigenvalue weighted by atomic mass is 10.2. The summed E-state index contributed by atoms with van der Waals surface area (Å²) in [6.45, 7) is 2.42. The Labute approximate surface area is 157 Å². The van der Waals surface area contributed by atoms with E-state index in [4.69, 9.17) is 24.1 Å². The lowest BCUT2D eigenvalue weighted by Gasteiger charge is -2.13. The first-order valence-corrected chi connectivity index (χ1v) is 8.33. The van der Waals surface area contributed by atoms with Gasteiger partial charge in [0.15, 0.2) is 0 Å². The highest BCUT2D eigenvalue weighted by Gasteiger charge is 2.16. The molecule has 0 aliphatic carbocycles. The monoisotopic (exact) mass is 374 g/mol. The van der Waals surface area contributed by atoms with Gasteiger partial charge in [0, 0.05) is 19.6 Å². The zero-order chi connectivity index (χ0) is 19.8. The molecule has 0 bridgehead atoms. The van der Waals surface area contributed by atoms with Crippen LogP contribution in [0, 0.1) is 0 Å². The average molecular weight is 374 g/mol. The number of ether oxygens (including phenoxy) is 4. The molecule has 144 valence electrons. The van der Waals surface area contributed by atoms with Crippen LogP contribution in [0.1, 0.15) is 34.1 Å². The number of hydrogen-bond donors (Lipinski definition) is 1. The molecule has 0 aliphatic heterocycles. The first-order chi connectivity index (χ1) is 12.9. The van der Waals surface area contributed by atoms with Crippen LogP contribution in [0.4, 0.5) is 0 Å². The second-order valence-corrected chi connectivity index (χ2v) is 5.76. The second kappa shape index (κ2) is 9.59. The average Bonchev–Trinajstić information content (AvgIpc) is 2.67. The van der Waals surface area contributed by atoms with Crippen LogP contribution in [-0.4, -0.2) is 44.0 Å². The molecule has 2 aromatic carbocycles. The third-order valence-electron chi connectivity index (χ3n) is 3.90. The number of carbonyl (C=O) groups excluding carboxylic acids is 1. The van der Waals surface area contributed by atoms with Gasteiger partial charge >= 0.3 is 11.9 Å². The highest BCUT2D eigenvalue weighted by Crippen LogP contribution is 2.26. The molecule has 0 radical (unpaired) electrons. The van der Waals surface area contributed by atoms with E-state index in [1.54, 1.807) is 25.3 Å². The Kier molecular flexibility index (Phi) is 7.19. The third kappa shape index (κ3) is 5.72. The molecule has 1 unspecified atom stereocenters. The molecule has 2 rings (SSSR count). The fraction of sp³-hybridized carbons (Fsp3) is 0.300. The molecule has 2 aromatic rings. The van der Waals surface area contributed by atoms with E-state index in [0.29, 0.717) is 18.1 Å². The van der Waals surface area contributed by atoms with Crippen molar-refractivity contribution in [2.24, 2.45) is 0 Å². The quantitative estimate of drug-likeness (QED) is 0.531. The Hall–Kier alpha value is -3.06. The maximum atomic E-state index is 12.4. The van der Waals surface area contributed by atoms with Gasteiger partial charge in [-0.3, -0.25) is 0 Å². The summed E-state index contributed by atoms with van der Waals surface area (Å²) in [5, 5.41) is 8.89. The maximum Gasteiger partial charge on any atom is 0.347 e. The summed E-state index contributed by atoms with van der Waals surface area (Å²) in [5.74, 6) is -0.544. The van der Waals surface area contributed by atoms with Gasteiger partial charge in [-0.2, -0.15) is 0 Å². The summed E-state index contributed by atoms with van der Waals surface area (Å²) in [6, 6.07) is 10.4. The van der Waals surface area contributed by atoms with Crippen molar-refractivity contribution in [2.45, 2.75) is 19.4 Å². The van der Waals surface area contributed by atoms with Crippen molar-refractivity contribution in [3.63, 3.8) is 0 Å². The van der Waals surface area contributed by atoms with Gasteiger partial charge in [0.1, 0.15) is 22.8 Å². The van der Waals surface area contributed by atoms with Crippen LogP contribution in [0.15, 0.2) is 42.5 Å². The lowest BCUT2D eigenvalue weighted by molar-refractivity contribution is 0.0696. The summed E-state index contributed by atoms with van der Waals surface area (Å²) in [5.41, 5.74) is 0.342. The van der Waals surface area contributed by atoms with Crippen molar-refractivity contribution >= 4 is 11.9 Å². The lowest BCUT2D eigenvalue weighted by Crippen LogP contribution is -2.12. The molecule has 0 spiro atoms. The molecule has 0 amide bonds. The molecular weight excluding hydrogens is 352 g/mol. The minimum absolute atomic E-state index is 0.0914. The van der Waals surface area contributed by atoms with E-state index in [-0.39, 0.29) is 23.0 Å². The number of carbonyl (C=O) groups is 2. The zero-order valence-corrected chi connectivity index (χ0v) is 15.4. The minimum Gasteiger partial charge on any atom is -0.496 e. The summed E-state index contributed by atoms with van der Waals surface area (Å²) < 4.78 is 21.3. The van der Waals surface area contributed by atoms with E-state index >= 15 is 0 Å². The molecule has 27 heavy (non-hydrogen) atoms. The van der Waals surface area contributed by atoms with Gasteiger partial charge < -0.3 is 24.1 Å². The topological polar surface area (TPSA) is 91.3 Å². The first kappa shape index (κ1) is 20.3. The van der Waals surface area contributed by atoms with Gasteiger partial charge in [-0.15, -0.1) is 0 Å². The maximum absolute atomic E-state index is 12.4. The number of carboxylic acids is 1. The van der Waals surface area contributed by atoms with Crippen LogP contribution in [0.3, 0.4) is 0 Å². The van der Waals surface area contributed by atoms with E-state index in [9.17, 15) is 9.59 Å². The summed E-state index contributed by atoms with van der Waals surface area (Å²) in [7, 11) is 3.09. The number of methoxy groups -OCH3 is 2. The molecule has 7 nitrogen and oxygen atoms in total. The van der Waals surface area contributed by atoms with Crippen molar-refractivity contribution < 1.29 is 33.6 Å². The highest BCUT2D eigenvalue weighted by molar-refractivity contribution is 5.94. The van der Waals surface area contributed by atoms with Crippen LogP contribution in [0.25, 0.3) is 0 Å². The Morgan fingerprint density at radius 1 is 1.04 bits per heavy atom. The SMILES string of the molecule is COc1cc(OCCC(C)OC)ccc1C(=O)Oc1ccc(C(=O)O)cc1. The zero-order valence-electron chi connectivity index (χ0n) is 15.4. The molecule has 0 aromatic heterocycles. The van der Waals surface area contributed by atoms with E-state index in [1.165, 1.54) is 31.4 Å². The van der Waals surface area contributed by atoms with Gasteiger partial charge in [-0.05, 0) is 43.3 Å². The predicted molar refractivity (Wildman–Crippen MR) is 97.9 cm³/mol. The van der Waals surface area contributed by atoms with E-state index in [2.05, 4.69) is 0 Å². The van der Waals surface area contributed by atoms with Crippen molar-refractivity contribution in [1.29, 1.82) is 0 Å². The van der Waals surface area contributed by atoms with E-state index in [1.807, 2.05) is 6.92 Å². The number of carboxylic acid groups (broad SMARTS) is 1. The van der Waals surface area contributed by atoms with E-state index < -0.39 is 11.9 Å². The highest BCUT2D eigenvalue weighted by atomic mass is 16.5. The van der Waals surface area contributed by atoms with Gasteiger partial charge in [-0.25, -0.2) is 9.59 Å². The standard InChI is InChI=1S/C20H22O7/c1-13(24-2)10-11-26-16-8-9-17(18(12-16)25-3)20(23)27-15-6-4-14(5-7-15)19(21)22/h4-9,12-13H,10-11H2,1-3H3,(H,21,22). The Balaban J connectivity index is 2.05. The number of hydrogen-bond acceptors (Lipinski definition) is 6. The summed E-state index contributed by atoms with van der Waals surface area (Å²) in [6.07, 6.45) is 0.822. The van der Waals surface area contributed by atoms with Crippen LogP contribution in [0.5, 0.6) is 17.2 Å². The van der Waals surface area contributed by atoms with Crippen LogP contribution >= 0.6 is 0 Å². The predicted octanol–water partition coefficient (Wildman–Crippen LogP) is 3.42. The Bertz CT molecular complexity index is 783. The van der Waals surface area contributed by atoms with E-state index in [0.717, 1.165) is 6.42 Å². The molecule has 1 N–H and O–H groups in total. The molecule has 7 heteroatoms. The normalized spacial score (nSPS) is 11.5. The smallest absolute Gasteiger partial charge is 0.347 e. The largest absolute Gasteiger partial charge is 0.496 e. The molecule has 0 saturated heterocycles. The molecule has 1 atom stereocenters. The molecular formula is C20H22O7. The number of aromatic carboxylic acids is 1. The van der Waals surface area contributed by atoms with Crippen molar-refractivity contribution in [3.8, 4) is 17.2 Å². The molecule has 0 heterocycles. The fourth-order valence-electron chi connectivity index (χ4n) is 2.22. The summed E-state index contributed by atoms with van der Waals surface area (Å²) in [4.78, 5) is 23.2. The van der Waals surface area contributed by atoms with Gasteiger partial charge in [0.2, 0.25) is 0 Å². The minimum atomic E-state index is -1.05. The number of esters is 1. The fourth-order valence-corrected chi connectivity index (χ4v) is 2.22. The van der Waals surface area contributed by atoms with Gasteiger partial charge in [0.05, 0.1) is 25.4 Å². The molecule has 0 aliphatic rings. The van der Waals surface area contributed by atoms with Crippen molar-refractivity contribution in [2.75, 3.05) is 20.8 Å². The van der Waals surface area contributed by atoms with Crippen LogP contribution in [-0.2, 0) is 4.74 Å². The van der Waals surface area contributed by atoms with Gasteiger partial charge in [0.25, 0.3) is 0 Å². The third-order valence-corrected chi connectivity index (χ3v) is 3.90. The van der Waals surface area contributed by atoms with Crippen molar-refractivity contribution in [3.05, 3.63) is 53.6 Å². The van der Waals surface area contributed by atoms with Crippen LogP contribution in [0.2, 0.25) is 0 Å². The summed E-state index contributed by atoms with van der Waals surface area (Å²) >= 11 is 0. The Morgan fingerprint density at radius 3 is 2.30 bits per heavy atom. The number of rotatable bonds is 9. The molecule has 0 fully saturated rings. The van der Waals surface area contributed by atoms with Gasteiger partial charge in [-0.1, -0.05) is 0 Å². The number of benzene rings is 2. The van der Waals surface area contributed by atoms with Crippen LogP contribution < -0.4 is 14.2 Å². The first-order valence-electron chi connectivity index (χ1n) is 8.33. The Morgan fingerprint density at radius 2 is 1.70 bits per heavy atom. The molecule has 0 saturated carbocycles.